The van der Waals surface area contributed by atoms with E-state index in [1.54, 1.807) is 37.6 Å². The van der Waals surface area contributed by atoms with E-state index < -0.39 is 0 Å². The Morgan fingerprint density at radius 3 is 2.82 bits per heavy atom. The average Bonchev–Trinajstić information content (AvgIpc) is 2.38. The summed E-state index contributed by atoms with van der Waals surface area (Å²) in [5.41, 5.74) is 1.88. The lowest BCUT2D eigenvalue weighted by Gasteiger charge is -2.07. The van der Waals surface area contributed by atoms with Crippen LogP contribution in [-0.2, 0) is 0 Å². The molecule has 84 valence electrons. The largest absolute Gasteiger partial charge is 0.496 e. The first-order chi connectivity index (χ1) is 8.24. The summed E-state index contributed by atoms with van der Waals surface area (Å²) in [4.78, 5) is 7.90. The molecule has 0 N–H and O–H groups in total. The molecular weight excluding hydrogens is 238 g/mol. The van der Waals surface area contributed by atoms with Gasteiger partial charge in [-0.2, -0.15) is 5.26 Å². The van der Waals surface area contributed by atoms with Gasteiger partial charge in [-0.15, -0.1) is 0 Å². The number of nitriles is 1. The molecule has 0 aliphatic heterocycles. The van der Waals surface area contributed by atoms with E-state index in [2.05, 4.69) is 16.0 Å². The number of hydrogen-bond donors (Lipinski definition) is 0. The Morgan fingerprint density at radius 1 is 1.35 bits per heavy atom. The number of aromatic nitrogens is 2. The van der Waals surface area contributed by atoms with Gasteiger partial charge >= 0.3 is 0 Å². The Bertz CT molecular complexity index is 593. The topological polar surface area (TPSA) is 58.8 Å². The number of nitrogens with zero attached hydrogens (tertiary/aromatic N) is 3. The molecule has 0 radical (unpaired) electrons. The first-order valence-corrected chi connectivity index (χ1v) is 5.19. The Balaban J connectivity index is 2.61. The number of benzene rings is 1. The van der Waals surface area contributed by atoms with Crippen LogP contribution in [0, 0.1) is 11.3 Å². The maximum absolute atomic E-state index is 8.88. The molecule has 0 atom stereocenters. The molecule has 4 nitrogen and oxygen atoms in total. The lowest BCUT2D eigenvalue weighted by molar-refractivity contribution is 0.416. The van der Waals surface area contributed by atoms with E-state index in [-0.39, 0.29) is 5.28 Å². The normalized spacial score (nSPS) is 9.71. The van der Waals surface area contributed by atoms with E-state index in [1.807, 2.05) is 0 Å². The lowest BCUT2D eigenvalue weighted by atomic mass is 10.1. The molecule has 0 bridgehead atoms. The first kappa shape index (κ1) is 11.4. The summed E-state index contributed by atoms with van der Waals surface area (Å²) in [7, 11) is 1.56. The second-order valence-corrected chi connectivity index (χ2v) is 3.58. The number of hydrogen-bond acceptors (Lipinski definition) is 4. The highest BCUT2D eigenvalue weighted by atomic mass is 35.5. The third kappa shape index (κ3) is 2.35. The fourth-order valence-corrected chi connectivity index (χ4v) is 1.61. The van der Waals surface area contributed by atoms with Crippen LogP contribution in [0.3, 0.4) is 0 Å². The summed E-state index contributed by atoms with van der Waals surface area (Å²) < 4.78 is 5.23. The Hall–Kier alpha value is -2.12. The van der Waals surface area contributed by atoms with E-state index in [4.69, 9.17) is 21.6 Å². The zero-order chi connectivity index (χ0) is 12.3. The molecule has 1 aromatic carbocycles. The van der Waals surface area contributed by atoms with Crippen molar-refractivity contribution in [3.63, 3.8) is 0 Å². The lowest BCUT2D eigenvalue weighted by Crippen LogP contribution is -1.92. The molecule has 0 aliphatic rings. The molecular formula is C12H8ClN3O. The van der Waals surface area contributed by atoms with Crippen molar-refractivity contribution in [2.24, 2.45) is 0 Å². The average molecular weight is 246 g/mol. The second-order valence-electron chi connectivity index (χ2n) is 3.24. The molecule has 17 heavy (non-hydrogen) atoms. The molecule has 5 heteroatoms. The molecule has 0 saturated carbocycles. The molecule has 0 amide bonds. The van der Waals surface area contributed by atoms with E-state index >= 15 is 0 Å². The van der Waals surface area contributed by atoms with Crippen molar-refractivity contribution in [1.29, 1.82) is 5.26 Å². The predicted molar refractivity (Wildman–Crippen MR) is 63.7 cm³/mol. The van der Waals surface area contributed by atoms with Crippen molar-refractivity contribution >= 4 is 11.6 Å². The fraction of sp³-hybridized carbons (Fsp3) is 0.0833. The predicted octanol–water partition coefficient (Wildman–Crippen LogP) is 2.68. The SMILES string of the molecule is COc1ccc(C#N)cc1-c1ccnc(Cl)n1. The van der Waals surface area contributed by atoms with Crippen molar-refractivity contribution in [2.75, 3.05) is 7.11 Å². The second kappa shape index (κ2) is 4.81. The fourth-order valence-electron chi connectivity index (χ4n) is 1.46. The molecule has 2 rings (SSSR count). The number of methoxy groups -OCH3 is 1. The van der Waals surface area contributed by atoms with Gasteiger partial charge in [0.05, 0.1) is 24.4 Å². The molecule has 1 heterocycles. The van der Waals surface area contributed by atoms with Crippen LogP contribution >= 0.6 is 11.6 Å². The summed E-state index contributed by atoms with van der Waals surface area (Å²) in [6.07, 6.45) is 1.56. The van der Waals surface area contributed by atoms with Crippen LogP contribution in [0.15, 0.2) is 30.5 Å². The first-order valence-electron chi connectivity index (χ1n) is 4.81. The molecule has 0 spiro atoms. The summed E-state index contributed by atoms with van der Waals surface area (Å²) in [5, 5.41) is 9.04. The zero-order valence-electron chi connectivity index (χ0n) is 9.01. The van der Waals surface area contributed by atoms with Gasteiger partial charge in [0.2, 0.25) is 5.28 Å². The van der Waals surface area contributed by atoms with Gasteiger partial charge in [-0.1, -0.05) is 0 Å². The number of rotatable bonds is 2. The minimum atomic E-state index is 0.159. The van der Waals surface area contributed by atoms with Gasteiger partial charge in [-0.25, -0.2) is 9.97 Å². The van der Waals surface area contributed by atoms with Gasteiger partial charge in [0.15, 0.2) is 0 Å². The highest BCUT2D eigenvalue weighted by Gasteiger charge is 2.09. The summed E-state index contributed by atoms with van der Waals surface area (Å²) in [6.45, 7) is 0. The minimum absolute atomic E-state index is 0.159. The van der Waals surface area contributed by atoms with Gasteiger partial charge < -0.3 is 4.74 Å². The van der Waals surface area contributed by atoms with Crippen LogP contribution in [0.2, 0.25) is 5.28 Å². The standard InChI is InChI=1S/C12H8ClN3O/c1-17-11-3-2-8(7-14)6-9(11)10-4-5-15-12(13)16-10/h2-6H,1H3. The molecule has 1 aromatic heterocycles. The van der Waals surface area contributed by atoms with Gasteiger partial charge in [-0.05, 0) is 35.9 Å². The van der Waals surface area contributed by atoms with E-state index in [9.17, 15) is 0 Å². The monoisotopic (exact) mass is 245 g/mol. The van der Waals surface area contributed by atoms with Gasteiger partial charge in [0, 0.05) is 11.8 Å². The van der Waals surface area contributed by atoms with Gasteiger partial charge in [0.1, 0.15) is 5.75 Å². The van der Waals surface area contributed by atoms with Crippen molar-refractivity contribution < 1.29 is 4.74 Å². The third-order valence-electron chi connectivity index (χ3n) is 2.23. The Labute approximate surface area is 103 Å². The van der Waals surface area contributed by atoms with Crippen LogP contribution in [-0.4, -0.2) is 17.1 Å². The van der Waals surface area contributed by atoms with Crippen LogP contribution in [0.4, 0.5) is 0 Å². The maximum Gasteiger partial charge on any atom is 0.222 e. The summed E-state index contributed by atoms with van der Waals surface area (Å²) in [5.74, 6) is 0.638. The van der Waals surface area contributed by atoms with Crippen LogP contribution < -0.4 is 4.74 Å². The van der Waals surface area contributed by atoms with Crippen molar-refractivity contribution in [3.8, 4) is 23.1 Å². The molecule has 0 aliphatic carbocycles. The van der Waals surface area contributed by atoms with Crippen molar-refractivity contribution in [3.05, 3.63) is 41.3 Å². The molecule has 0 fully saturated rings. The Morgan fingerprint density at radius 2 is 2.18 bits per heavy atom. The summed E-state index contributed by atoms with van der Waals surface area (Å²) in [6, 6.07) is 8.90. The number of ether oxygens (including phenoxy) is 1. The highest BCUT2D eigenvalue weighted by Crippen LogP contribution is 2.29. The maximum atomic E-state index is 8.88. The van der Waals surface area contributed by atoms with Crippen LogP contribution in [0.1, 0.15) is 5.56 Å². The van der Waals surface area contributed by atoms with Crippen molar-refractivity contribution in [2.45, 2.75) is 0 Å². The van der Waals surface area contributed by atoms with E-state index in [1.165, 1.54) is 0 Å². The minimum Gasteiger partial charge on any atom is -0.496 e. The van der Waals surface area contributed by atoms with Gasteiger partial charge in [0.25, 0.3) is 0 Å². The van der Waals surface area contributed by atoms with Crippen molar-refractivity contribution in [1.82, 2.24) is 9.97 Å². The zero-order valence-corrected chi connectivity index (χ0v) is 9.77. The smallest absolute Gasteiger partial charge is 0.222 e. The summed E-state index contributed by atoms with van der Waals surface area (Å²) >= 11 is 5.74. The molecule has 0 saturated heterocycles. The van der Waals surface area contributed by atoms with E-state index in [0.717, 1.165) is 5.56 Å². The number of halogens is 1. The van der Waals surface area contributed by atoms with Gasteiger partial charge in [-0.3, -0.25) is 0 Å². The van der Waals surface area contributed by atoms with E-state index in [0.29, 0.717) is 17.0 Å². The highest BCUT2D eigenvalue weighted by molar-refractivity contribution is 6.28. The Kier molecular flexibility index (Phi) is 3.22. The van der Waals surface area contributed by atoms with Crippen LogP contribution in [0.25, 0.3) is 11.3 Å². The van der Waals surface area contributed by atoms with Crippen LogP contribution in [0.5, 0.6) is 5.75 Å². The molecule has 2 aromatic rings. The molecule has 0 unspecified atom stereocenters. The quantitative estimate of drug-likeness (QED) is 0.764. The third-order valence-corrected chi connectivity index (χ3v) is 2.41.